The van der Waals surface area contributed by atoms with Crippen LogP contribution in [0.1, 0.15) is 22.3 Å². The zero-order valence-electron chi connectivity index (χ0n) is 16.8. The maximum Gasteiger partial charge on any atom is 0.259 e. The number of hydrogen-bond donors (Lipinski definition) is 2. The molecule has 0 saturated carbocycles. The Labute approximate surface area is 178 Å². The fourth-order valence-corrected chi connectivity index (χ4v) is 3.48. The highest BCUT2D eigenvalue weighted by molar-refractivity contribution is 6.17. The van der Waals surface area contributed by atoms with Gasteiger partial charge in [0, 0.05) is 11.3 Å². The van der Waals surface area contributed by atoms with E-state index in [1.807, 2.05) is 19.1 Å². The predicted molar refractivity (Wildman–Crippen MR) is 116 cm³/mol. The number of hydrogen-bond acceptors (Lipinski definition) is 3. The van der Waals surface area contributed by atoms with E-state index in [-0.39, 0.29) is 12.3 Å². The zero-order valence-corrected chi connectivity index (χ0v) is 16.8. The molecule has 4 rings (SSSR count). The van der Waals surface area contributed by atoms with Crippen LogP contribution in [-0.2, 0) is 9.59 Å². The van der Waals surface area contributed by atoms with E-state index in [1.54, 1.807) is 36.4 Å². The third kappa shape index (κ3) is 4.30. The van der Waals surface area contributed by atoms with Crippen molar-refractivity contribution >= 4 is 34.8 Å². The number of rotatable bonds is 4. The molecule has 3 amide bonds. The third-order valence-electron chi connectivity index (χ3n) is 5.06. The zero-order chi connectivity index (χ0) is 22.0. The van der Waals surface area contributed by atoms with Crippen molar-refractivity contribution in [2.24, 2.45) is 0 Å². The molecule has 0 saturated heterocycles. The van der Waals surface area contributed by atoms with Crippen LogP contribution in [0.4, 0.5) is 21.5 Å². The van der Waals surface area contributed by atoms with Crippen molar-refractivity contribution in [3.05, 3.63) is 89.7 Å². The Morgan fingerprint density at radius 3 is 2.39 bits per heavy atom. The monoisotopic (exact) mass is 417 g/mol. The maximum absolute atomic E-state index is 13.4. The third-order valence-corrected chi connectivity index (χ3v) is 5.06. The number of nitrogens with one attached hydrogen (secondary N) is 2. The lowest BCUT2D eigenvalue weighted by Gasteiger charge is -2.36. The SMILES string of the molecule is Cc1ccc(C(=O)N2c3ccccc3NC(=O)C2CC(=O)Nc2ccc(F)cc2)cc1. The van der Waals surface area contributed by atoms with Crippen molar-refractivity contribution in [1.29, 1.82) is 0 Å². The van der Waals surface area contributed by atoms with Gasteiger partial charge in [-0.05, 0) is 55.5 Å². The summed E-state index contributed by atoms with van der Waals surface area (Å²) in [7, 11) is 0. The van der Waals surface area contributed by atoms with Gasteiger partial charge in [-0.15, -0.1) is 0 Å². The molecule has 3 aromatic rings. The minimum atomic E-state index is -1.04. The first-order valence-electron chi connectivity index (χ1n) is 9.78. The summed E-state index contributed by atoms with van der Waals surface area (Å²) in [5.41, 5.74) is 2.84. The highest BCUT2D eigenvalue weighted by atomic mass is 19.1. The average Bonchev–Trinajstić information content (AvgIpc) is 2.76. The molecular formula is C24H20FN3O3. The molecule has 1 aliphatic rings. The van der Waals surface area contributed by atoms with E-state index in [2.05, 4.69) is 10.6 Å². The van der Waals surface area contributed by atoms with Crippen LogP contribution in [-0.4, -0.2) is 23.8 Å². The Balaban J connectivity index is 1.64. The molecule has 0 radical (unpaired) electrons. The van der Waals surface area contributed by atoms with E-state index in [9.17, 15) is 18.8 Å². The molecule has 156 valence electrons. The molecule has 1 atom stereocenters. The molecule has 1 heterocycles. The smallest absolute Gasteiger partial charge is 0.259 e. The standard InChI is InChI=1S/C24H20FN3O3/c1-15-6-8-16(9-7-15)24(31)28-20-5-3-2-4-19(20)27-23(30)21(28)14-22(29)26-18-12-10-17(25)11-13-18/h2-13,21H,14H2,1H3,(H,26,29)(H,27,30). The Bertz CT molecular complexity index is 1140. The number of aryl methyl sites for hydroxylation is 1. The minimum absolute atomic E-state index is 0.255. The number of amides is 3. The molecule has 0 bridgehead atoms. The number of carbonyl (C=O) groups excluding carboxylic acids is 3. The topological polar surface area (TPSA) is 78.5 Å². The molecule has 1 unspecified atom stereocenters. The summed E-state index contributed by atoms with van der Waals surface area (Å²) in [6.07, 6.45) is -0.255. The van der Waals surface area contributed by atoms with Gasteiger partial charge in [-0.3, -0.25) is 19.3 Å². The van der Waals surface area contributed by atoms with Gasteiger partial charge in [0.05, 0.1) is 17.8 Å². The van der Waals surface area contributed by atoms with E-state index in [1.165, 1.54) is 29.2 Å². The average molecular weight is 417 g/mol. The quantitative estimate of drug-likeness (QED) is 0.670. The van der Waals surface area contributed by atoms with Crippen LogP contribution in [0.3, 0.4) is 0 Å². The van der Waals surface area contributed by atoms with E-state index in [0.717, 1.165) is 5.56 Å². The van der Waals surface area contributed by atoms with Crippen molar-refractivity contribution in [2.45, 2.75) is 19.4 Å². The van der Waals surface area contributed by atoms with Gasteiger partial charge < -0.3 is 10.6 Å². The molecule has 3 aromatic carbocycles. The molecule has 31 heavy (non-hydrogen) atoms. The van der Waals surface area contributed by atoms with Crippen LogP contribution in [0.2, 0.25) is 0 Å². The van der Waals surface area contributed by atoms with Gasteiger partial charge in [0.15, 0.2) is 0 Å². The number of nitrogens with zero attached hydrogens (tertiary/aromatic N) is 1. The molecule has 0 aliphatic carbocycles. The molecule has 1 aliphatic heterocycles. The second-order valence-corrected chi connectivity index (χ2v) is 7.32. The summed E-state index contributed by atoms with van der Waals surface area (Å²) >= 11 is 0. The molecule has 0 aromatic heterocycles. The van der Waals surface area contributed by atoms with Gasteiger partial charge in [-0.25, -0.2) is 4.39 Å². The number of fused-ring (bicyclic) bond motifs is 1. The van der Waals surface area contributed by atoms with Crippen molar-refractivity contribution in [3.8, 4) is 0 Å². The first-order valence-corrected chi connectivity index (χ1v) is 9.78. The number of benzene rings is 3. The highest BCUT2D eigenvalue weighted by Gasteiger charge is 2.38. The van der Waals surface area contributed by atoms with Gasteiger partial charge >= 0.3 is 0 Å². The first-order chi connectivity index (χ1) is 14.9. The molecular weight excluding hydrogens is 397 g/mol. The second-order valence-electron chi connectivity index (χ2n) is 7.32. The van der Waals surface area contributed by atoms with Crippen LogP contribution in [0, 0.1) is 12.7 Å². The normalized spacial score (nSPS) is 15.1. The summed E-state index contributed by atoms with van der Waals surface area (Å²) in [5, 5.41) is 5.41. The lowest BCUT2D eigenvalue weighted by molar-refractivity contribution is -0.122. The molecule has 2 N–H and O–H groups in total. The number of halogens is 1. The van der Waals surface area contributed by atoms with Gasteiger partial charge in [-0.2, -0.15) is 0 Å². The van der Waals surface area contributed by atoms with E-state index >= 15 is 0 Å². The number of para-hydroxylation sites is 2. The van der Waals surface area contributed by atoms with Crippen molar-refractivity contribution in [2.75, 3.05) is 15.5 Å². The van der Waals surface area contributed by atoms with Crippen molar-refractivity contribution < 1.29 is 18.8 Å². The Morgan fingerprint density at radius 1 is 1.00 bits per heavy atom. The lowest BCUT2D eigenvalue weighted by atomic mass is 10.0. The summed E-state index contributed by atoms with van der Waals surface area (Å²) in [6, 6.07) is 18.3. The predicted octanol–water partition coefficient (Wildman–Crippen LogP) is 4.13. The van der Waals surface area contributed by atoms with Crippen LogP contribution in [0.25, 0.3) is 0 Å². The first kappa shape index (κ1) is 20.3. The summed E-state index contributed by atoms with van der Waals surface area (Å²) in [6.45, 7) is 1.92. The van der Waals surface area contributed by atoms with E-state index < -0.39 is 23.7 Å². The van der Waals surface area contributed by atoms with E-state index in [0.29, 0.717) is 22.6 Å². The molecule has 0 fully saturated rings. The molecule has 6 nitrogen and oxygen atoms in total. The highest BCUT2D eigenvalue weighted by Crippen LogP contribution is 2.34. The largest absolute Gasteiger partial charge is 0.326 e. The van der Waals surface area contributed by atoms with Gasteiger partial charge in [0.25, 0.3) is 5.91 Å². The molecule has 7 heteroatoms. The summed E-state index contributed by atoms with van der Waals surface area (Å²) in [5.74, 6) is -1.71. The fourth-order valence-electron chi connectivity index (χ4n) is 3.48. The van der Waals surface area contributed by atoms with Crippen LogP contribution >= 0.6 is 0 Å². The Hall–Kier alpha value is -4.00. The number of carbonyl (C=O) groups is 3. The molecule has 0 spiro atoms. The summed E-state index contributed by atoms with van der Waals surface area (Å²) < 4.78 is 13.1. The minimum Gasteiger partial charge on any atom is -0.326 e. The second kappa shape index (κ2) is 8.39. The lowest BCUT2D eigenvalue weighted by Crippen LogP contribution is -2.52. The summed E-state index contributed by atoms with van der Waals surface area (Å²) in [4.78, 5) is 40.2. The van der Waals surface area contributed by atoms with Crippen molar-refractivity contribution in [3.63, 3.8) is 0 Å². The van der Waals surface area contributed by atoms with E-state index in [4.69, 9.17) is 0 Å². The number of anilines is 3. The Morgan fingerprint density at radius 2 is 1.68 bits per heavy atom. The van der Waals surface area contributed by atoms with Crippen LogP contribution < -0.4 is 15.5 Å². The van der Waals surface area contributed by atoms with Gasteiger partial charge in [0.1, 0.15) is 11.9 Å². The Kier molecular flexibility index (Phi) is 5.49. The maximum atomic E-state index is 13.4. The fraction of sp³-hybridized carbons (Fsp3) is 0.125. The van der Waals surface area contributed by atoms with Crippen molar-refractivity contribution in [1.82, 2.24) is 0 Å². The van der Waals surface area contributed by atoms with Gasteiger partial charge in [0.2, 0.25) is 11.8 Å². The van der Waals surface area contributed by atoms with Crippen LogP contribution in [0.15, 0.2) is 72.8 Å². The van der Waals surface area contributed by atoms with Gasteiger partial charge in [-0.1, -0.05) is 29.8 Å². The van der Waals surface area contributed by atoms with Crippen LogP contribution in [0.5, 0.6) is 0 Å².